The standard InChI is InChI=1S/C16H16ClN5O4/c1-3-25-8-12(16(23)24-2)26-15-10-7-21-22(13(10)19-9-20-15)14-11(17)5-4-6-18-14/h4-7,9,12H,3,8H2,1-2H3. The van der Waals surface area contributed by atoms with Crippen LogP contribution in [0.1, 0.15) is 6.92 Å². The van der Waals surface area contributed by atoms with Crippen LogP contribution in [0.3, 0.4) is 0 Å². The average molecular weight is 378 g/mol. The number of pyridine rings is 1. The van der Waals surface area contributed by atoms with Gasteiger partial charge in [0, 0.05) is 12.8 Å². The van der Waals surface area contributed by atoms with Crippen molar-refractivity contribution in [1.29, 1.82) is 0 Å². The summed E-state index contributed by atoms with van der Waals surface area (Å²) in [6, 6.07) is 3.42. The van der Waals surface area contributed by atoms with E-state index in [1.54, 1.807) is 18.3 Å². The number of rotatable bonds is 7. The van der Waals surface area contributed by atoms with Gasteiger partial charge in [-0.3, -0.25) is 0 Å². The molecule has 1 unspecified atom stereocenters. The molecular weight excluding hydrogens is 362 g/mol. The number of nitrogens with zero attached hydrogens (tertiary/aromatic N) is 5. The van der Waals surface area contributed by atoms with Crippen LogP contribution < -0.4 is 4.74 Å². The Kier molecular flexibility index (Phi) is 5.59. The summed E-state index contributed by atoms with van der Waals surface area (Å²) < 4.78 is 17.2. The third-order valence-corrected chi connectivity index (χ3v) is 3.76. The first-order valence-electron chi connectivity index (χ1n) is 7.77. The molecule has 0 saturated carbocycles. The van der Waals surface area contributed by atoms with Gasteiger partial charge in [0.25, 0.3) is 0 Å². The Hall–Kier alpha value is -2.78. The molecule has 0 radical (unpaired) electrons. The van der Waals surface area contributed by atoms with E-state index < -0.39 is 12.1 Å². The number of hydrogen-bond donors (Lipinski definition) is 0. The predicted molar refractivity (Wildman–Crippen MR) is 92.4 cm³/mol. The van der Waals surface area contributed by atoms with Crippen LogP contribution >= 0.6 is 11.6 Å². The van der Waals surface area contributed by atoms with Gasteiger partial charge in [-0.2, -0.15) is 9.78 Å². The highest BCUT2D eigenvalue weighted by molar-refractivity contribution is 6.32. The first kappa shape index (κ1) is 18.0. The monoisotopic (exact) mass is 377 g/mol. The second kappa shape index (κ2) is 8.07. The lowest BCUT2D eigenvalue weighted by molar-refractivity contribution is -0.151. The number of fused-ring (bicyclic) bond motifs is 1. The minimum Gasteiger partial charge on any atom is -0.466 e. The maximum absolute atomic E-state index is 11.9. The molecule has 0 saturated heterocycles. The number of aromatic nitrogens is 5. The number of methoxy groups -OCH3 is 1. The van der Waals surface area contributed by atoms with Crippen LogP contribution in [0.4, 0.5) is 0 Å². The zero-order valence-corrected chi connectivity index (χ0v) is 14.9. The summed E-state index contributed by atoms with van der Waals surface area (Å²) in [5.74, 6) is 0.0430. The first-order valence-corrected chi connectivity index (χ1v) is 8.15. The Bertz CT molecular complexity index is 917. The van der Waals surface area contributed by atoms with Gasteiger partial charge in [-0.1, -0.05) is 11.6 Å². The summed E-state index contributed by atoms with van der Waals surface area (Å²) in [6.07, 6.45) is 3.47. The average Bonchev–Trinajstić information content (AvgIpc) is 3.09. The van der Waals surface area contributed by atoms with E-state index >= 15 is 0 Å². The fourth-order valence-electron chi connectivity index (χ4n) is 2.25. The van der Waals surface area contributed by atoms with E-state index in [0.29, 0.717) is 28.5 Å². The molecule has 136 valence electrons. The summed E-state index contributed by atoms with van der Waals surface area (Å²) in [5, 5.41) is 5.18. The largest absolute Gasteiger partial charge is 0.466 e. The van der Waals surface area contributed by atoms with E-state index in [4.69, 9.17) is 25.8 Å². The summed E-state index contributed by atoms with van der Waals surface area (Å²) >= 11 is 6.18. The Morgan fingerprint density at radius 2 is 2.19 bits per heavy atom. The molecule has 0 N–H and O–H groups in total. The van der Waals surface area contributed by atoms with Crippen molar-refractivity contribution in [2.24, 2.45) is 0 Å². The quantitative estimate of drug-likeness (QED) is 0.574. The van der Waals surface area contributed by atoms with E-state index in [2.05, 4.69) is 20.1 Å². The fraction of sp³-hybridized carbons (Fsp3) is 0.312. The Morgan fingerprint density at radius 1 is 1.35 bits per heavy atom. The normalized spacial score (nSPS) is 12.1. The van der Waals surface area contributed by atoms with E-state index in [-0.39, 0.29) is 12.5 Å². The smallest absolute Gasteiger partial charge is 0.349 e. The highest BCUT2D eigenvalue weighted by Gasteiger charge is 2.24. The molecular formula is C16H16ClN5O4. The molecule has 3 aromatic heterocycles. The van der Waals surface area contributed by atoms with Crippen LogP contribution in [0.2, 0.25) is 5.02 Å². The van der Waals surface area contributed by atoms with Crippen LogP contribution in [0, 0.1) is 0 Å². The topological polar surface area (TPSA) is 101 Å². The fourth-order valence-corrected chi connectivity index (χ4v) is 2.45. The third kappa shape index (κ3) is 3.58. The molecule has 0 bridgehead atoms. The maximum atomic E-state index is 11.9. The lowest BCUT2D eigenvalue weighted by Crippen LogP contribution is -2.33. The van der Waals surface area contributed by atoms with Gasteiger partial charge in [0.1, 0.15) is 11.7 Å². The molecule has 0 aromatic carbocycles. The maximum Gasteiger partial charge on any atom is 0.349 e. The molecule has 0 fully saturated rings. The highest BCUT2D eigenvalue weighted by Crippen LogP contribution is 2.26. The predicted octanol–water partition coefficient (Wildman–Crippen LogP) is 1.82. The van der Waals surface area contributed by atoms with E-state index in [1.807, 2.05) is 6.92 Å². The van der Waals surface area contributed by atoms with Crippen molar-refractivity contribution < 1.29 is 19.0 Å². The minimum absolute atomic E-state index is 0.0366. The number of hydrogen-bond acceptors (Lipinski definition) is 8. The van der Waals surface area contributed by atoms with Crippen LogP contribution in [-0.4, -0.2) is 57.1 Å². The van der Waals surface area contributed by atoms with Gasteiger partial charge in [0.2, 0.25) is 12.0 Å². The summed E-state index contributed by atoms with van der Waals surface area (Å²) in [7, 11) is 1.28. The molecule has 0 spiro atoms. The molecule has 26 heavy (non-hydrogen) atoms. The zero-order valence-electron chi connectivity index (χ0n) is 14.1. The molecule has 0 aliphatic carbocycles. The highest BCUT2D eigenvalue weighted by atomic mass is 35.5. The van der Waals surface area contributed by atoms with E-state index in [9.17, 15) is 4.79 Å². The van der Waals surface area contributed by atoms with Crippen LogP contribution in [0.15, 0.2) is 30.9 Å². The zero-order chi connectivity index (χ0) is 18.5. The Balaban J connectivity index is 1.98. The second-order valence-corrected chi connectivity index (χ2v) is 5.48. The Morgan fingerprint density at radius 3 is 2.92 bits per heavy atom. The van der Waals surface area contributed by atoms with Crippen molar-refractivity contribution in [2.45, 2.75) is 13.0 Å². The summed E-state index contributed by atoms with van der Waals surface area (Å²) in [5.41, 5.74) is 0.440. The van der Waals surface area contributed by atoms with Crippen molar-refractivity contribution in [2.75, 3.05) is 20.3 Å². The van der Waals surface area contributed by atoms with Crippen LogP contribution in [-0.2, 0) is 14.3 Å². The second-order valence-electron chi connectivity index (χ2n) is 5.07. The van der Waals surface area contributed by atoms with E-state index in [0.717, 1.165) is 0 Å². The minimum atomic E-state index is -0.958. The molecule has 1 atom stereocenters. The van der Waals surface area contributed by atoms with Crippen molar-refractivity contribution >= 4 is 28.6 Å². The van der Waals surface area contributed by atoms with Crippen molar-refractivity contribution in [1.82, 2.24) is 24.7 Å². The number of carbonyl (C=O) groups excluding carboxylic acids is 1. The van der Waals surface area contributed by atoms with Gasteiger partial charge in [-0.15, -0.1) is 0 Å². The summed E-state index contributed by atoms with van der Waals surface area (Å²) in [6.45, 7) is 2.29. The van der Waals surface area contributed by atoms with Gasteiger partial charge in [-0.05, 0) is 19.1 Å². The molecule has 3 heterocycles. The van der Waals surface area contributed by atoms with Gasteiger partial charge >= 0.3 is 5.97 Å². The van der Waals surface area contributed by atoms with Crippen LogP contribution in [0.5, 0.6) is 5.88 Å². The Labute approximate surface area is 153 Å². The molecule has 3 aromatic rings. The number of esters is 1. The van der Waals surface area contributed by atoms with Gasteiger partial charge in [0.15, 0.2) is 11.5 Å². The van der Waals surface area contributed by atoms with Crippen molar-refractivity contribution in [3.63, 3.8) is 0 Å². The van der Waals surface area contributed by atoms with Gasteiger partial charge in [0.05, 0.1) is 24.9 Å². The third-order valence-electron chi connectivity index (χ3n) is 3.46. The molecule has 0 aliphatic heterocycles. The lowest BCUT2D eigenvalue weighted by Gasteiger charge is -2.16. The van der Waals surface area contributed by atoms with Crippen molar-refractivity contribution in [3.05, 3.63) is 35.9 Å². The number of ether oxygens (including phenoxy) is 3. The molecule has 10 heteroatoms. The van der Waals surface area contributed by atoms with E-state index in [1.165, 1.54) is 24.3 Å². The summed E-state index contributed by atoms with van der Waals surface area (Å²) in [4.78, 5) is 24.4. The van der Waals surface area contributed by atoms with Gasteiger partial charge < -0.3 is 14.2 Å². The molecule has 0 aliphatic rings. The van der Waals surface area contributed by atoms with Crippen molar-refractivity contribution in [3.8, 4) is 11.7 Å². The molecule has 9 nitrogen and oxygen atoms in total. The SMILES string of the molecule is CCOCC(Oc1ncnc2c1cnn2-c1ncccc1Cl)C(=O)OC. The first-order chi connectivity index (χ1) is 12.7. The van der Waals surface area contributed by atoms with Gasteiger partial charge in [-0.25, -0.2) is 19.7 Å². The number of halogens is 1. The molecule has 0 amide bonds. The number of carbonyl (C=O) groups is 1. The van der Waals surface area contributed by atoms with Crippen LogP contribution in [0.25, 0.3) is 16.9 Å². The molecule has 3 rings (SSSR count). The lowest BCUT2D eigenvalue weighted by atomic mass is 10.3.